The highest BCUT2D eigenvalue weighted by Crippen LogP contribution is 2.16. The van der Waals surface area contributed by atoms with Crippen molar-refractivity contribution in [2.24, 2.45) is 0 Å². The number of carbonyl (C=O) groups is 3. The van der Waals surface area contributed by atoms with E-state index in [1.807, 2.05) is 31.2 Å². The number of aryl methyl sites for hydroxylation is 1. The molecule has 0 unspecified atom stereocenters. The van der Waals surface area contributed by atoms with E-state index < -0.39 is 12.6 Å². The van der Waals surface area contributed by atoms with Gasteiger partial charge in [-0.05, 0) is 43.3 Å². The number of piperazine rings is 1. The number of nitrogens with one attached hydrogen (secondary N) is 1. The Labute approximate surface area is 168 Å². The summed E-state index contributed by atoms with van der Waals surface area (Å²) in [5.74, 6) is -0.802. The fraction of sp³-hybridized carbons (Fsp3) is 0.286. The molecule has 2 aromatic carbocycles. The largest absolute Gasteiger partial charge is 0.482 e. The summed E-state index contributed by atoms with van der Waals surface area (Å²) in [5, 5.41) is 11.5. The Balaban J connectivity index is 1.50. The first-order valence-corrected chi connectivity index (χ1v) is 9.29. The van der Waals surface area contributed by atoms with Gasteiger partial charge < -0.3 is 25.0 Å². The third kappa shape index (κ3) is 5.47. The van der Waals surface area contributed by atoms with Crippen LogP contribution in [0, 0.1) is 6.92 Å². The lowest BCUT2D eigenvalue weighted by Gasteiger charge is -2.34. The molecule has 0 atom stereocenters. The molecular formula is C21H23N3O5. The van der Waals surface area contributed by atoms with Crippen molar-refractivity contribution in [2.75, 3.05) is 38.1 Å². The van der Waals surface area contributed by atoms with E-state index in [2.05, 4.69) is 5.32 Å². The predicted molar refractivity (Wildman–Crippen MR) is 107 cm³/mol. The number of hydrogen-bond donors (Lipinski definition) is 2. The zero-order valence-electron chi connectivity index (χ0n) is 16.1. The van der Waals surface area contributed by atoms with E-state index in [1.54, 1.807) is 34.1 Å². The maximum absolute atomic E-state index is 12.6. The highest BCUT2D eigenvalue weighted by atomic mass is 16.5. The Hall–Kier alpha value is -3.55. The standard InChI is InChI=1S/C21H23N3O5/c1-15-2-6-17(7-3-15)22-21(28)24-12-10-23(11-13-24)20(27)16-4-8-18(9-5-16)29-14-19(25)26/h2-9H,10-14H2,1H3,(H,22,28)(H,25,26). The number of urea groups is 1. The summed E-state index contributed by atoms with van der Waals surface area (Å²) < 4.78 is 5.07. The van der Waals surface area contributed by atoms with E-state index in [0.29, 0.717) is 37.5 Å². The first-order chi connectivity index (χ1) is 13.9. The molecule has 1 aliphatic heterocycles. The van der Waals surface area contributed by atoms with Gasteiger partial charge in [-0.1, -0.05) is 17.7 Å². The fourth-order valence-electron chi connectivity index (χ4n) is 2.97. The molecule has 0 radical (unpaired) electrons. The first kappa shape index (κ1) is 20.2. The van der Waals surface area contributed by atoms with E-state index in [9.17, 15) is 14.4 Å². The number of ether oxygens (including phenoxy) is 1. The topological polar surface area (TPSA) is 99.2 Å². The van der Waals surface area contributed by atoms with Crippen LogP contribution in [0.25, 0.3) is 0 Å². The first-order valence-electron chi connectivity index (χ1n) is 9.29. The van der Waals surface area contributed by atoms with Crippen LogP contribution in [0.5, 0.6) is 5.75 Å². The van der Waals surface area contributed by atoms with Crippen molar-refractivity contribution < 1.29 is 24.2 Å². The van der Waals surface area contributed by atoms with Crippen LogP contribution in [0.4, 0.5) is 10.5 Å². The van der Waals surface area contributed by atoms with E-state index in [1.165, 1.54) is 0 Å². The van der Waals surface area contributed by atoms with Crippen molar-refractivity contribution in [1.29, 1.82) is 0 Å². The van der Waals surface area contributed by atoms with E-state index >= 15 is 0 Å². The molecule has 0 spiro atoms. The Kier molecular flexibility index (Phi) is 6.33. The molecule has 1 heterocycles. The molecule has 152 valence electrons. The van der Waals surface area contributed by atoms with Gasteiger partial charge in [0, 0.05) is 37.4 Å². The molecule has 2 aromatic rings. The molecule has 0 saturated carbocycles. The second-order valence-electron chi connectivity index (χ2n) is 6.78. The molecule has 8 nitrogen and oxygen atoms in total. The molecule has 1 saturated heterocycles. The molecule has 1 fully saturated rings. The maximum Gasteiger partial charge on any atom is 0.341 e. The summed E-state index contributed by atoms with van der Waals surface area (Å²) in [6, 6.07) is 13.8. The quantitative estimate of drug-likeness (QED) is 0.807. The zero-order valence-corrected chi connectivity index (χ0v) is 16.1. The maximum atomic E-state index is 12.6. The van der Waals surface area contributed by atoms with Gasteiger partial charge in [-0.25, -0.2) is 9.59 Å². The number of carboxylic acids is 1. The van der Waals surface area contributed by atoms with Gasteiger partial charge in [-0.2, -0.15) is 0 Å². The highest BCUT2D eigenvalue weighted by molar-refractivity contribution is 5.95. The summed E-state index contributed by atoms with van der Waals surface area (Å²) in [4.78, 5) is 39.0. The fourth-order valence-corrected chi connectivity index (χ4v) is 2.97. The van der Waals surface area contributed by atoms with Gasteiger partial charge >= 0.3 is 12.0 Å². The van der Waals surface area contributed by atoms with Gasteiger partial charge in [0.05, 0.1) is 0 Å². The Bertz CT molecular complexity index is 872. The number of nitrogens with zero attached hydrogens (tertiary/aromatic N) is 2. The molecule has 3 rings (SSSR count). The highest BCUT2D eigenvalue weighted by Gasteiger charge is 2.25. The normalized spacial score (nSPS) is 13.7. The number of carboxylic acid groups (broad SMARTS) is 1. The summed E-state index contributed by atoms with van der Waals surface area (Å²) in [5.41, 5.74) is 2.35. The lowest BCUT2D eigenvalue weighted by atomic mass is 10.1. The average Bonchev–Trinajstić information content (AvgIpc) is 2.74. The van der Waals surface area contributed by atoms with Crippen molar-refractivity contribution in [1.82, 2.24) is 9.80 Å². The summed E-state index contributed by atoms with van der Waals surface area (Å²) in [6.07, 6.45) is 0. The number of rotatable bonds is 5. The van der Waals surface area contributed by atoms with Crippen LogP contribution in [0.3, 0.4) is 0 Å². The van der Waals surface area contributed by atoms with Crippen molar-refractivity contribution in [2.45, 2.75) is 6.92 Å². The minimum Gasteiger partial charge on any atom is -0.482 e. The van der Waals surface area contributed by atoms with Crippen LogP contribution >= 0.6 is 0 Å². The Morgan fingerprint density at radius 1 is 0.931 bits per heavy atom. The van der Waals surface area contributed by atoms with Crippen molar-refractivity contribution in [3.63, 3.8) is 0 Å². The van der Waals surface area contributed by atoms with Crippen molar-refractivity contribution in [3.05, 3.63) is 59.7 Å². The molecule has 8 heteroatoms. The monoisotopic (exact) mass is 397 g/mol. The minimum absolute atomic E-state index is 0.131. The minimum atomic E-state index is -1.06. The number of amides is 3. The van der Waals surface area contributed by atoms with Crippen LogP contribution < -0.4 is 10.1 Å². The molecule has 0 bridgehead atoms. The van der Waals surface area contributed by atoms with Gasteiger partial charge in [0.1, 0.15) is 5.75 Å². The third-order valence-corrected chi connectivity index (χ3v) is 4.62. The Morgan fingerprint density at radius 3 is 2.10 bits per heavy atom. The van der Waals surface area contributed by atoms with Gasteiger partial charge in [-0.3, -0.25) is 4.79 Å². The van der Waals surface area contributed by atoms with Crippen LogP contribution in [0.15, 0.2) is 48.5 Å². The predicted octanol–water partition coefficient (Wildman–Crippen LogP) is 2.45. The molecular weight excluding hydrogens is 374 g/mol. The third-order valence-electron chi connectivity index (χ3n) is 4.62. The van der Waals surface area contributed by atoms with Crippen molar-refractivity contribution >= 4 is 23.6 Å². The molecule has 3 amide bonds. The van der Waals surface area contributed by atoms with Crippen LogP contribution in [-0.2, 0) is 4.79 Å². The van der Waals surface area contributed by atoms with Gasteiger partial charge in [0.25, 0.3) is 5.91 Å². The summed E-state index contributed by atoms with van der Waals surface area (Å²) in [6.45, 7) is 3.33. The molecule has 0 aromatic heterocycles. The van der Waals surface area contributed by atoms with Crippen LogP contribution in [0.1, 0.15) is 15.9 Å². The lowest BCUT2D eigenvalue weighted by Crippen LogP contribution is -2.51. The molecule has 2 N–H and O–H groups in total. The smallest absolute Gasteiger partial charge is 0.341 e. The van der Waals surface area contributed by atoms with Gasteiger partial charge in [-0.15, -0.1) is 0 Å². The summed E-state index contributed by atoms with van der Waals surface area (Å²) >= 11 is 0. The Morgan fingerprint density at radius 2 is 1.52 bits per heavy atom. The van der Waals surface area contributed by atoms with Crippen LogP contribution in [-0.4, -0.2) is 65.6 Å². The second-order valence-corrected chi connectivity index (χ2v) is 6.78. The van der Waals surface area contributed by atoms with E-state index in [0.717, 1.165) is 11.3 Å². The van der Waals surface area contributed by atoms with Gasteiger partial charge in [0.2, 0.25) is 0 Å². The zero-order chi connectivity index (χ0) is 20.8. The number of aliphatic carboxylic acids is 1. The van der Waals surface area contributed by atoms with Gasteiger partial charge in [0.15, 0.2) is 6.61 Å². The lowest BCUT2D eigenvalue weighted by molar-refractivity contribution is -0.139. The number of benzene rings is 2. The van der Waals surface area contributed by atoms with Crippen molar-refractivity contribution in [3.8, 4) is 5.75 Å². The number of carbonyl (C=O) groups excluding carboxylic acids is 2. The molecule has 1 aliphatic rings. The second kappa shape index (κ2) is 9.09. The van der Waals surface area contributed by atoms with E-state index in [4.69, 9.17) is 9.84 Å². The SMILES string of the molecule is Cc1ccc(NC(=O)N2CCN(C(=O)c3ccc(OCC(=O)O)cc3)CC2)cc1. The van der Waals surface area contributed by atoms with E-state index in [-0.39, 0.29) is 11.9 Å². The van der Waals surface area contributed by atoms with Crippen LogP contribution in [0.2, 0.25) is 0 Å². The molecule has 29 heavy (non-hydrogen) atoms. The number of anilines is 1. The number of hydrogen-bond acceptors (Lipinski definition) is 4. The average molecular weight is 397 g/mol. The summed E-state index contributed by atoms with van der Waals surface area (Å²) in [7, 11) is 0. The molecule has 0 aliphatic carbocycles.